The van der Waals surface area contributed by atoms with Gasteiger partial charge < -0.3 is 9.84 Å². The average Bonchev–Trinajstić information content (AvgIpc) is 2.64. The van der Waals surface area contributed by atoms with Crippen LogP contribution in [0.15, 0.2) is 35.1 Å². The third kappa shape index (κ3) is 2.43. The number of hydrogen-bond acceptors (Lipinski definition) is 3. The minimum atomic E-state index is -0.0527. The van der Waals surface area contributed by atoms with Gasteiger partial charge in [-0.2, -0.15) is 5.10 Å². The minimum Gasteiger partial charge on any atom is -0.454 e. The molecule has 5 heteroatoms. The van der Waals surface area contributed by atoms with Crippen molar-refractivity contribution in [2.75, 3.05) is 0 Å². The predicted molar refractivity (Wildman–Crippen MR) is 63.3 cm³/mol. The largest absolute Gasteiger partial charge is 0.454 e. The van der Waals surface area contributed by atoms with Gasteiger partial charge in [0.15, 0.2) is 5.75 Å². The molecule has 0 radical (unpaired) electrons. The van der Waals surface area contributed by atoms with Crippen LogP contribution in [-0.2, 0) is 13.7 Å². The van der Waals surface area contributed by atoms with Crippen LogP contribution in [0.1, 0.15) is 5.56 Å². The standard InChI is InChI=1S/C11H11BrN2O2/c1-14-6-10(5-13-14)16-11-4-9(12)3-2-8(11)7-15/h2-6,15H,7H2,1H3. The zero-order chi connectivity index (χ0) is 11.5. The Morgan fingerprint density at radius 1 is 1.50 bits per heavy atom. The highest BCUT2D eigenvalue weighted by Gasteiger charge is 2.06. The highest BCUT2D eigenvalue weighted by molar-refractivity contribution is 9.10. The monoisotopic (exact) mass is 282 g/mol. The summed E-state index contributed by atoms with van der Waals surface area (Å²) in [5.74, 6) is 1.28. The fourth-order valence-electron chi connectivity index (χ4n) is 1.33. The van der Waals surface area contributed by atoms with Crippen molar-refractivity contribution < 1.29 is 9.84 Å². The van der Waals surface area contributed by atoms with Crippen LogP contribution < -0.4 is 4.74 Å². The summed E-state index contributed by atoms with van der Waals surface area (Å²) in [6.07, 6.45) is 3.39. The molecule has 4 nitrogen and oxygen atoms in total. The molecule has 0 bridgehead atoms. The van der Waals surface area contributed by atoms with Crippen LogP contribution in [0.5, 0.6) is 11.5 Å². The lowest BCUT2D eigenvalue weighted by Gasteiger charge is -2.08. The van der Waals surface area contributed by atoms with E-state index >= 15 is 0 Å². The van der Waals surface area contributed by atoms with E-state index in [4.69, 9.17) is 4.74 Å². The number of halogens is 1. The van der Waals surface area contributed by atoms with Gasteiger partial charge >= 0.3 is 0 Å². The lowest BCUT2D eigenvalue weighted by Crippen LogP contribution is -1.91. The first-order chi connectivity index (χ1) is 7.69. The maximum atomic E-state index is 9.18. The SMILES string of the molecule is Cn1cc(Oc2cc(Br)ccc2CO)cn1. The Hall–Kier alpha value is -1.33. The van der Waals surface area contributed by atoms with Crippen molar-refractivity contribution in [1.82, 2.24) is 9.78 Å². The molecule has 0 atom stereocenters. The van der Waals surface area contributed by atoms with Gasteiger partial charge in [-0.25, -0.2) is 0 Å². The van der Waals surface area contributed by atoms with E-state index in [2.05, 4.69) is 21.0 Å². The van der Waals surface area contributed by atoms with E-state index < -0.39 is 0 Å². The predicted octanol–water partition coefficient (Wildman–Crippen LogP) is 2.47. The van der Waals surface area contributed by atoms with Crippen LogP contribution in [0.2, 0.25) is 0 Å². The van der Waals surface area contributed by atoms with Crippen molar-refractivity contribution in [2.45, 2.75) is 6.61 Å². The van der Waals surface area contributed by atoms with Crippen LogP contribution in [-0.4, -0.2) is 14.9 Å². The molecule has 16 heavy (non-hydrogen) atoms. The van der Waals surface area contributed by atoms with E-state index in [0.717, 1.165) is 10.0 Å². The second-order valence-corrected chi connectivity index (χ2v) is 4.28. The van der Waals surface area contributed by atoms with E-state index in [1.807, 2.05) is 25.2 Å². The Bertz CT molecular complexity index is 496. The summed E-state index contributed by atoms with van der Waals surface area (Å²) in [6, 6.07) is 5.50. The maximum absolute atomic E-state index is 9.18. The van der Waals surface area contributed by atoms with E-state index in [1.54, 1.807) is 17.1 Å². The summed E-state index contributed by atoms with van der Waals surface area (Å²) >= 11 is 3.36. The smallest absolute Gasteiger partial charge is 0.165 e. The van der Waals surface area contributed by atoms with Gasteiger partial charge in [-0.15, -0.1) is 0 Å². The Morgan fingerprint density at radius 2 is 2.31 bits per heavy atom. The van der Waals surface area contributed by atoms with Crippen molar-refractivity contribution in [3.8, 4) is 11.5 Å². The van der Waals surface area contributed by atoms with Crippen molar-refractivity contribution in [1.29, 1.82) is 0 Å². The van der Waals surface area contributed by atoms with Gasteiger partial charge in [0.2, 0.25) is 0 Å². The molecule has 1 aromatic carbocycles. The molecule has 0 unspecified atom stereocenters. The number of aryl methyl sites for hydroxylation is 1. The van der Waals surface area contributed by atoms with E-state index in [9.17, 15) is 5.11 Å². The summed E-state index contributed by atoms with van der Waals surface area (Å²) in [6.45, 7) is -0.0527. The number of aliphatic hydroxyl groups excluding tert-OH is 1. The van der Waals surface area contributed by atoms with Gasteiger partial charge in [-0.05, 0) is 12.1 Å². The lowest BCUT2D eigenvalue weighted by molar-refractivity contribution is 0.276. The van der Waals surface area contributed by atoms with Crippen LogP contribution in [0, 0.1) is 0 Å². The minimum absolute atomic E-state index is 0.0527. The van der Waals surface area contributed by atoms with Gasteiger partial charge in [0.05, 0.1) is 19.0 Å². The second kappa shape index (κ2) is 4.67. The number of hydrogen-bond donors (Lipinski definition) is 1. The summed E-state index contributed by atoms with van der Waals surface area (Å²) in [5.41, 5.74) is 0.743. The molecule has 1 N–H and O–H groups in total. The molecule has 1 heterocycles. The molecular weight excluding hydrogens is 272 g/mol. The van der Waals surface area contributed by atoms with Gasteiger partial charge in [-0.3, -0.25) is 4.68 Å². The number of ether oxygens (including phenoxy) is 1. The number of nitrogens with zero attached hydrogens (tertiary/aromatic N) is 2. The van der Waals surface area contributed by atoms with E-state index in [1.165, 1.54) is 0 Å². The molecule has 0 amide bonds. The lowest BCUT2D eigenvalue weighted by atomic mass is 10.2. The molecule has 2 aromatic rings. The fourth-order valence-corrected chi connectivity index (χ4v) is 1.67. The Morgan fingerprint density at radius 3 is 2.94 bits per heavy atom. The number of rotatable bonds is 3. The molecule has 1 aromatic heterocycles. The molecule has 84 valence electrons. The summed E-state index contributed by atoms with van der Waals surface area (Å²) < 4.78 is 8.19. The second-order valence-electron chi connectivity index (χ2n) is 3.36. The van der Waals surface area contributed by atoms with Crippen molar-refractivity contribution in [2.24, 2.45) is 7.05 Å². The Kier molecular flexibility index (Phi) is 3.26. The third-order valence-electron chi connectivity index (χ3n) is 2.11. The molecule has 0 saturated carbocycles. The van der Waals surface area contributed by atoms with Crippen LogP contribution in [0.3, 0.4) is 0 Å². The zero-order valence-corrected chi connectivity index (χ0v) is 10.3. The van der Waals surface area contributed by atoms with Gasteiger partial charge in [-0.1, -0.05) is 22.0 Å². The summed E-state index contributed by atoms with van der Waals surface area (Å²) in [5, 5.41) is 13.2. The van der Waals surface area contributed by atoms with Gasteiger partial charge in [0, 0.05) is 17.1 Å². The van der Waals surface area contributed by atoms with Crippen LogP contribution in [0.4, 0.5) is 0 Å². The van der Waals surface area contributed by atoms with Crippen molar-refractivity contribution in [3.63, 3.8) is 0 Å². The highest BCUT2D eigenvalue weighted by Crippen LogP contribution is 2.28. The third-order valence-corrected chi connectivity index (χ3v) is 2.60. The zero-order valence-electron chi connectivity index (χ0n) is 8.72. The topological polar surface area (TPSA) is 47.3 Å². The quantitative estimate of drug-likeness (QED) is 0.941. The van der Waals surface area contributed by atoms with Gasteiger partial charge in [0.1, 0.15) is 5.75 Å². The molecule has 0 saturated heterocycles. The summed E-state index contributed by atoms with van der Waals surface area (Å²) in [7, 11) is 1.82. The number of aliphatic hydroxyl groups is 1. The van der Waals surface area contributed by atoms with Gasteiger partial charge in [0.25, 0.3) is 0 Å². The number of aromatic nitrogens is 2. The first kappa shape index (κ1) is 11.2. The first-order valence-electron chi connectivity index (χ1n) is 4.75. The Balaban J connectivity index is 2.29. The normalized spacial score (nSPS) is 10.4. The number of benzene rings is 1. The highest BCUT2D eigenvalue weighted by atomic mass is 79.9. The maximum Gasteiger partial charge on any atom is 0.165 e. The molecule has 2 rings (SSSR count). The summed E-state index contributed by atoms with van der Waals surface area (Å²) in [4.78, 5) is 0. The molecule has 0 aliphatic carbocycles. The molecule has 0 fully saturated rings. The molecule has 0 aliphatic rings. The van der Waals surface area contributed by atoms with E-state index in [-0.39, 0.29) is 6.61 Å². The Labute approximate surface area is 102 Å². The van der Waals surface area contributed by atoms with Crippen LogP contribution in [0.25, 0.3) is 0 Å². The molecule has 0 spiro atoms. The average molecular weight is 283 g/mol. The van der Waals surface area contributed by atoms with E-state index in [0.29, 0.717) is 11.5 Å². The fraction of sp³-hybridized carbons (Fsp3) is 0.182. The first-order valence-corrected chi connectivity index (χ1v) is 5.54. The van der Waals surface area contributed by atoms with Crippen molar-refractivity contribution in [3.05, 3.63) is 40.6 Å². The van der Waals surface area contributed by atoms with Crippen molar-refractivity contribution >= 4 is 15.9 Å². The van der Waals surface area contributed by atoms with Crippen LogP contribution >= 0.6 is 15.9 Å². The molecular formula is C11H11BrN2O2. The molecule has 0 aliphatic heterocycles.